The fourth-order valence-corrected chi connectivity index (χ4v) is 2.92. The monoisotopic (exact) mass is 356 g/mol. The van der Waals surface area contributed by atoms with E-state index in [2.05, 4.69) is 0 Å². The molecular formula is C16H11F3O4S. The van der Waals surface area contributed by atoms with Crippen LogP contribution < -0.4 is 0 Å². The van der Waals surface area contributed by atoms with Crippen molar-refractivity contribution in [2.75, 3.05) is 0 Å². The van der Waals surface area contributed by atoms with Crippen molar-refractivity contribution in [2.45, 2.75) is 11.1 Å². The maximum atomic E-state index is 13.1. The summed E-state index contributed by atoms with van der Waals surface area (Å²) in [5.41, 5.74) is -1.25. The highest BCUT2D eigenvalue weighted by molar-refractivity contribution is 8.08. The van der Waals surface area contributed by atoms with Crippen LogP contribution in [0.25, 0.3) is 4.91 Å². The molecule has 0 heterocycles. The Bertz CT molecular complexity index is 800. The average Bonchev–Trinajstić information content (AvgIpc) is 2.49. The largest absolute Gasteiger partial charge is 0.504 e. The van der Waals surface area contributed by atoms with E-state index in [1.165, 1.54) is 24.3 Å². The number of aliphatic carboxylic acids is 1. The van der Waals surface area contributed by atoms with E-state index in [1.54, 1.807) is 0 Å². The van der Waals surface area contributed by atoms with Gasteiger partial charge < -0.3 is 15.3 Å². The number of phenols is 2. The van der Waals surface area contributed by atoms with Crippen molar-refractivity contribution in [3.05, 3.63) is 59.7 Å². The zero-order chi connectivity index (χ0) is 17.9. The predicted molar refractivity (Wildman–Crippen MR) is 82.7 cm³/mol. The molecule has 2 aromatic carbocycles. The maximum absolute atomic E-state index is 13.1. The summed E-state index contributed by atoms with van der Waals surface area (Å²) in [7, 11) is 0. The number of carboxylic acids is 1. The first-order valence-electron chi connectivity index (χ1n) is 6.49. The van der Waals surface area contributed by atoms with Crippen molar-refractivity contribution in [1.82, 2.24) is 0 Å². The van der Waals surface area contributed by atoms with Gasteiger partial charge in [0.2, 0.25) is 0 Å². The molecule has 0 aliphatic rings. The highest BCUT2D eigenvalue weighted by Crippen LogP contribution is 2.42. The van der Waals surface area contributed by atoms with Crippen LogP contribution >= 0.6 is 11.8 Å². The van der Waals surface area contributed by atoms with Gasteiger partial charge in [0, 0.05) is 21.4 Å². The molecule has 0 unspecified atom stereocenters. The minimum Gasteiger partial charge on any atom is -0.504 e. The molecule has 4 nitrogen and oxygen atoms in total. The molecule has 0 saturated carbocycles. The van der Waals surface area contributed by atoms with Crippen molar-refractivity contribution < 1.29 is 33.3 Å². The van der Waals surface area contributed by atoms with Gasteiger partial charge in [-0.05, 0) is 24.3 Å². The quantitative estimate of drug-likeness (QED) is 0.432. The Morgan fingerprint density at radius 2 is 1.71 bits per heavy atom. The zero-order valence-electron chi connectivity index (χ0n) is 11.9. The first kappa shape index (κ1) is 17.7. The van der Waals surface area contributed by atoms with Gasteiger partial charge in [-0.15, -0.1) is 0 Å². The van der Waals surface area contributed by atoms with Crippen LogP contribution in [0.3, 0.4) is 0 Å². The Labute approximate surface area is 138 Å². The molecule has 0 amide bonds. The number of benzene rings is 2. The van der Waals surface area contributed by atoms with E-state index >= 15 is 0 Å². The van der Waals surface area contributed by atoms with Crippen molar-refractivity contribution in [1.29, 1.82) is 0 Å². The van der Waals surface area contributed by atoms with Crippen molar-refractivity contribution in [2.24, 2.45) is 0 Å². The first-order chi connectivity index (χ1) is 11.2. The lowest BCUT2D eigenvalue weighted by Gasteiger charge is -2.15. The summed E-state index contributed by atoms with van der Waals surface area (Å²) in [6.07, 6.45) is -3.98. The van der Waals surface area contributed by atoms with Crippen molar-refractivity contribution in [3.63, 3.8) is 0 Å². The molecule has 0 bridgehead atoms. The minimum absolute atomic E-state index is 0.152. The van der Waals surface area contributed by atoms with Gasteiger partial charge in [0.15, 0.2) is 11.5 Å². The van der Waals surface area contributed by atoms with E-state index in [0.29, 0.717) is 6.08 Å². The second-order valence-corrected chi connectivity index (χ2v) is 5.76. The summed E-state index contributed by atoms with van der Waals surface area (Å²) in [6, 6.07) is 8.25. The third kappa shape index (κ3) is 4.23. The molecule has 0 saturated heterocycles. The van der Waals surface area contributed by atoms with Crippen LogP contribution in [0.5, 0.6) is 11.5 Å². The van der Waals surface area contributed by atoms with E-state index in [4.69, 9.17) is 5.11 Å². The molecule has 0 atom stereocenters. The molecule has 24 heavy (non-hydrogen) atoms. The number of carboxylic acid groups (broad SMARTS) is 1. The maximum Gasteiger partial charge on any atom is 0.417 e. The molecular weight excluding hydrogens is 345 g/mol. The second-order valence-electron chi connectivity index (χ2n) is 4.64. The molecule has 0 radical (unpaired) electrons. The standard InChI is InChI=1S/C16H11F3O4S/c17-16(18,19)11-4-2-1-3-10(11)14(8-15(22)23)24-9-5-6-12(20)13(21)7-9/h1-8,20-21H,(H,22,23)/b14-8-. The Hall–Kier alpha value is -2.61. The van der Waals surface area contributed by atoms with Crippen LogP contribution in [-0.2, 0) is 11.0 Å². The molecule has 0 fully saturated rings. The summed E-state index contributed by atoms with van der Waals surface area (Å²) in [5.74, 6) is -2.25. The Balaban J connectivity index is 2.51. The second kappa shape index (κ2) is 6.88. The van der Waals surface area contributed by atoms with Crippen LogP contribution in [0.1, 0.15) is 11.1 Å². The molecule has 2 rings (SSSR count). The van der Waals surface area contributed by atoms with E-state index in [9.17, 15) is 28.2 Å². The summed E-state index contributed by atoms with van der Waals surface area (Å²) >= 11 is 0.732. The molecule has 8 heteroatoms. The Morgan fingerprint density at radius 1 is 1.04 bits per heavy atom. The lowest BCUT2D eigenvalue weighted by Crippen LogP contribution is -2.08. The van der Waals surface area contributed by atoms with Gasteiger partial charge in [0.25, 0.3) is 0 Å². The van der Waals surface area contributed by atoms with Gasteiger partial charge in [-0.3, -0.25) is 0 Å². The molecule has 2 aromatic rings. The van der Waals surface area contributed by atoms with E-state index in [0.717, 1.165) is 30.0 Å². The molecule has 126 valence electrons. The molecule has 0 spiro atoms. The number of aromatic hydroxyl groups is 2. The number of hydrogen-bond donors (Lipinski definition) is 3. The summed E-state index contributed by atoms with van der Waals surface area (Å²) in [4.78, 5) is 11.1. The summed E-state index contributed by atoms with van der Waals surface area (Å²) < 4.78 is 39.4. The molecule has 0 aromatic heterocycles. The number of rotatable bonds is 4. The summed E-state index contributed by atoms with van der Waals surface area (Å²) in [5, 5.41) is 27.7. The van der Waals surface area contributed by atoms with Gasteiger partial charge >= 0.3 is 12.1 Å². The Morgan fingerprint density at radius 3 is 2.29 bits per heavy atom. The predicted octanol–water partition coefficient (Wildman–Crippen LogP) is 4.33. The topological polar surface area (TPSA) is 77.8 Å². The average molecular weight is 356 g/mol. The van der Waals surface area contributed by atoms with Crippen molar-refractivity contribution in [3.8, 4) is 11.5 Å². The lowest BCUT2D eigenvalue weighted by atomic mass is 10.1. The SMILES string of the molecule is O=C(O)/C=C(\Sc1ccc(O)c(O)c1)c1ccccc1C(F)(F)F. The third-order valence-corrected chi connectivity index (χ3v) is 3.97. The number of hydrogen-bond acceptors (Lipinski definition) is 4. The Kier molecular flexibility index (Phi) is 5.08. The van der Waals surface area contributed by atoms with Crippen LogP contribution in [-0.4, -0.2) is 21.3 Å². The van der Waals surface area contributed by atoms with Gasteiger partial charge in [-0.2, -0.15) is 13.2 Å². The fourth-order valence-electron chi connectivity index (χ4n) is 1.91. The molecule has 3 N–H and O–H groups in total. The fraction of sp³-hybridized carbons (Fsp3) is 0.0625. The van der Waals surface area contributed by atoms with Gasteiger partial charge in [0.1, 0.15) is 0 Å². The van der Waals surface area contributed by atoms with Crippen LogP contribution in [0.4, 0.5) is 13.2 Å². The number of phenolic OH excluding ortho intramolecular Hbond substituents is 2. The third-order valence-electron chi connectivity index (χ3n) is 2.93. The number of carbonyl (C=O) groups is 1. The molecule has 0 aliphatic heterocycles. The van der Waals surface area contributed by atoms with E-state index in [1.807, 2.05) is 0 Å². The first-order valence-corrected chi connectivity index (χ1v) is 7.31. The number of thioether (sulfide) groups is 1. The number of alkyl halides is 3. The van der Waals surface area contributed by atoms with Gasteiger partial charge in [-0.25, -0.2) is 4.79 Å². The highest BCUT2D eigenvalue weighted by atomic mass is 32.2. The van der Waals surface area contributed by atoms with E-state index in [-0.39, 0.29) is 21.1 Å². The van der Waals surface area contributed by atoms with Crippen LogP contribution in [0.2, 0.25) is 0 Å². The normalized spacial score (nSPS) is 12.2. The number of halogens is 3. The zero-order valence-corrected chi connectivity index (χ0v) is 12.7. The van der Waals surface area contributed by atoms with E-state index < -0.39 is 23.5 Å². The lowest BCUT2D eigenvalue weighted by molar-refractivity contribution is -0.138. The van der Waals surface area contributed by atoms with Crippen LogP contribution in [0, 0.1) is 0 Å². The highest BCUT2D eigenvalue weighted by Gasteiger charge is 2.34. The summed E-state index contributed by atoms with van der Waals surface area (Å²) in [6.45, 7) is 0. The molecule has 0 aliphatic carbocycles. The smallest absolute Gasteiger partial charge is 0.417 e. The van der Waals surface area contributed by atoms with Gasteiger partial charge in [0.05, 0.1) is 5.56 Å². The minimum atomic E-state index is -4.65. The van der Waals surface area contributed by atoms with Crippen molar-refractivity contribution >= 4 is 22.6 Å². The van der Waals surface area contributed by atoms with Crippen LogP contribution in [0.15, 0.2) is 53.4 Å². The van der Waals surface area contributed by atoms with Gasteiger partial charge in [-0.1, -0.05) is 30.0 Å².